The molecule has 0 aliphatic heterocycles. The van der Waals surface area contributed by atoms with Gasteiger partial charge in [-0.1, -0.05) is 93.7 Å². The summed E-state index contributed by atoms with van der Waals surface area (Å²) in [4.78, 5) is 0. The van der Waals surface area contributed by atoms with E-state index in [1.54, 1.807) is 5.19 Å². The van der Waals surface area contributed by atoms with Gasteiger partial charge in [0.25, 0.3) is 0 Å². The van der Waals surface area contributed by atoms with Gasteiger partial charge in [0.1, 0.15) is 0 Å². The summed E-state index contributed by atoms with van der Waals surface area (Å²) in [5.74, 6) is 0. The van der Waals surface area contributed by atoms with Crippen LogP contribution in [-0.4, -0.2) is 8.07 Å². The van der Waals surface area contributed by atoms with E-state index in [4.69, 9.17) is 0 Å². The van der Waals surface area contributed by atoms with Crippen LogP contribution in [0.5, 0.6) is 0 Å². The van der Waals surface area contributed by atoms with E-state index in [1.165, 1.54) is 37.8 Å². The summed E-state index contributed by atoms with van der Waals surface area (Å²) in [7, 11) is -1.17. The van der Waals surface area contributed by atoms with Crippen LogP contribution in [0, 0.1) is 0 Å². The topological polar surface area (TPSA) is 0 Å². The van der Waals surface area contributed by atoms with Crippen molar-refractivity contribution in [3.63, 3.8) is 0 Å². The van der Waals surface area contributed by atoms with Crippen LogP contribution in [0.25, 0.3) is 0 Å². The molecule has 0 N–H and O–H groups in total. The SMILES string of the molecule is CCCC[Si](C)(CCCC)c1ccccc1. The van der Waals surface area contributed by atoms with Gasteiger partial charge in [0, 0.05) is 0 Å². The molecule has 0 amide bonds. The van der Waals surface area contributed by atoms with Crippen LogP contribution >= 0.6 is 0 Å². The summed E-state index contributed by atoms with van der Waals surface area (Å²) in [5.41, 5.74) is 0. The van der Waals surface area contributed by atoms with Crippen LogP contribution in [0.15, 0.2) is 30.3 Å². The van der Waals surface area contributed by atoms with E-state index in [9.17, 15) is 0 Å². The van der Waals surface area contributed by atoms with Gasteiger partial charge in [0.2, 0.25) is 0 Å². The molecule has 0 aromatic heterocycles. The molecule has 0 spiro atoms. The summed E-state index contributed by atoms with van der Waals surface area (Å²) < 4.78 is 0. The van der Waals surface area contributed by atoms with E-state index in [0.717, 1.165) is 0 Å². The third kappa shape index (κ3) is 3.78. The van der Waals surface area contributed by atoms with Gasteiger partial charge >= 0.3 is 0 Å². The predicted molar refractivity (Wildman–Crippen MR) is 77.1 cm³/mol. The van der Waals surface area contributed by atoms with E-state index in [0.29, 0.717) is 0 Å². The highest BCUT2D eigenvalue weighted by molar-refractivity contribution is 6.90. The Morgan fingerprint density at radius 1 is 0.875 bits per heavy atom. The molecule has 1 aromatic rings. The largest absolute Gasteiger partial charge is 0.0836 e. The zero-order chi connectivity index (χ0) is 11.9. The molecule has 0 atom stereocenters. The van der Waals surface area contributed by atoms with Crippen LogP contribution in [0.3, 0.4) is 0 Å². The van der Waals surface area contributed by atoms with E-state index in [2.05, 4.69) is 50.7 Å². The Balaban J connectivity index is 2.77. The number of hydrogen-bond donors (Lipinski definition) is 0. The first-order chi connectivity index (χ1) is 7.73. The molecule has 0 nitrogen and oxygen atoms in total. The standard InChI is InChI=1S/C15H26Si/c1-4-6-13-16(3,14-7-5-2)15-11-9-8-10-12-15/h8-12H,4-7,13-14H2,1-3H3. The van der Waals surface area contributed by atoms with Gasteiger partial charge in [-0.15, -0.1) is 0 Å². The van der Waals surface area contributed by atoms with Crippen molar-refractivity contribution in [1.82, 2.24) is 0 Å². The molecule has 0 fully saturated rings. The van der Waals surface area contributed by atoms with Crippen molar-refractivity contribution in [3.05, 3.63) is 30.3 Å². The smallest absolute Gasteiger partial charge is 0.0654 e. The highest BCUT2D eigenvalue weighted by atomic mass is 28.3. The van der Waals surface area contributed by atoms with Gasteiger partial charge < -0.3 is 0 Å². The summed E-state index contributed by atoms with van der Waals surface area (Å²) in [6, 6.07) is 14.2. The highest BCUT2D eigenvalue weighted by Gasteiger charge is 2.27. The van der Waals surface area contributed by atoms with Crippen LogP contribution < -0.4 is 5.19 Å². The minimum Gasteiger partial charge on any atom is -0.0654 e. The molecule has 0 heterocycles. The second kappa shape index (κ2) is 6.90. The van der Waals surface area contributed by atoms with E-state index in [1.807, 2.05) is 0 Å². The molecule has 0 saturated carbocycles. The Morgan fingerprint density at radius 2 is 1.38 bits per heavy atom. The van der Waals surface area contributed by atoms with Gasteiger partial charge in [-0.25, -0.2) is 0 Å². The molecule has 1 rings (SSSR count). The minimum atomic E-state index is -1.17. The third-order valence-electron chi connectivity index (χ3n) is 3.63. The van der Waals surface area contributed by atoms with Gasteiger partial charge in [-0.05, 0) is 0 Å². The Bertz CT molecular complexity index is 271. The Kier molecular flexibility index (Phi) is 5.82. The molecule has 1 aromatic carbocycles. The lowest BCUT2D eigenvalue weighted by Gasteiger charge is -2.28. The molecule has 16 heavy (non-hydrogen) atoms. The summed E-state index contributed by atoms with van der Waals surface area (Å²) in [6.07, 6.45) is 5.48. The fourth-order valence-electron chi connectivity index (χ4n) is 2.39. The van der Waals surface area contributed by atoms with Crippen molar-refractivity contribution in [2.75, 3.05) is 0 Å². The van der Waals surface area contributed by atoms with Crippen molar-refractivity contribution >= 4 is 13.3 Å². The Labute approximate surface area is 102 Å². The van der Waals surface area contributed by atoms with E-state index < -0.39 is 8.07 Å². The monoisotopic (exact) mass is 234 g/mol. The molecule has 0 bridgehead atoms. The molecule has 90 valence electrons. The predicted octanol–water partition coefficient (Wildman–Crippen LogP) is 4.57. The zero-order valence-electron chi connectivity index (χ0n) is 11.1. The Hall–Kier alpha value is -0.563. The van der Waals surface area contributed by atoms with Crippen LogP contribution in [0.2, 0.25) is 18.6 Å². The average molecular weight is 234 g/mol. The van der Waals surface area contributed by atoms with E-state index >= 15 is 0 Å². The second-order valence-electron chi connectivity index (χ2n) is 5.13. The Morgan fingerprint density at radius 3 is 1.81 bits per heavy atom. The first kappa shape index (κ1) is 13.5. The van der Waals surface area contributed by atoms with Crippen LogP contribution in [0.1, 0.15) is 39.5 Å². The fourth-order valence-corrected chi connectivity index (χ4v) is 6.48. The lowest BCUT2D eigenvalue weighted by atomic mass is 10.4. The van der Waals surface area contributed by atoms with Gasteiger partial charge in [0.05, 0.1) is 8.07 Å². The van der Waals surface area contributed by atoms with Crippen molar-refractivity contribution in [2.45, 2.75) is 58.2 Å². The van der Waals surface area contributed by atoms with Crippen LogP contribution in [-0.2, 0) is 0 Å². The van der Waals surface area contributed by atoms with Crippen LogP contribution in [0.4, 0.5) is 0 Å². The molecule has 1 heteroatoms. The minimum absolute atomic E-state index is 1.17. The van der Waals surface area contributed by atoms with Crippen molar-refractivity contribution < 1.29 is 0 Å². The average Bonchev–Trinajstić information content (AvgIpc) is 2.35. The molecular weight excluding hydrogens is 208 g/mol. The number of hydrogen-bond acceptors (Lipinski definition) is 0. The van der Waals surface area contributed by atoms with E-state index in [-0.39, 0.29) is 0 Å². The summed E-state index contributed by atoms with van der Waals surface area (Å²) in [6.45, 7) is 7.19. The lowest BCUT2D eigenvalue weighted by Crippen LogP contribution is -2.44. The van der Waals surface area contributed by atoms with Crippen molar-refractivity contribution in [2.24, 2.45) is 0 Å². The third-order valence-corrected chi connectivity index (χ3v) is 8.28. The zero-order valence-corrected chi connectivity index (χ0v) is 12.1. The normalized spacial score (nSPS) is 11.7. The number of unbranched alkanes of at least 4 members (excludes halogenated alkanes) is 2. The molecule has 0 aliphatic carbocycles. The van der Waals surface area contributed by atoms with Crippen molar-refractivity contribution in [3.8, 4) is 0 Å². The maximum Gasteiger partial charge on any atom is 0.0836 e. The molecule has 0 saturated heterocycles. The maximum atomic E-state index is 2.58. The molecule has 0 radical (unpaired) electrons. The number of rotatable bonds is 7. The molecular formula is C15H26Si. The fraction of sp³-hybridized carbons (Fsp3) is 0.600. The van der Waals surface area contributed by atoms with Gasteiger partial charge in [-0.2, -0.15) is 0 Å². The lowest BCUT2D eigenvalue weighted by molar-refractivity contribution is 0.834. The summed E-state index contributed by atoms with van der Waals surface area (Å²) >= 11 is 0. The second-order valence-corrected chi connectivity index (χ2v) is 9.83. The maximum absolute atomic E-state index is 2.58. The van der Waals surface area contributed by atoms with Crippen molar-refractivity contribution in [1.29, 1.82) is 0 Å². The number of benzene rings is 1. The van der Waals surface area contributed by atoms with Gasteiger partial charge in [0.15, 0.2) is 0 Å². The van der Waals surface area contributed by atoms with Gasteiger partial charge in [-0.3, -0.25) is 0 Å². The quantitative estimate of drug-likeness (QED) is 0.606. The highest BCUT2D eigenvalue weighted by Crippen LogP contribution is 2.21. The first-order valence-corrected chi connectivity index (χ1v) is 9.70. The molecule has 0 aliphatic rings. The molecule has 0 unspecified atom stereocenters. The summed E-state index contributed by atoms with van der Waals surface area (Å²) in [5, 5.41) is 1.66. The first-order valence-electron chi connectivity index (χ1n) is 6.78.